The molecule has 1 amide bonds. The number of carbonyl (C=O) groups is 4. The van der Waals surface area contributed by atoms with Crippen LogP contribution in [0, 0.1) is 17.2 Å². The van der Waals surface area contributed by atoms with Gasteiger partial charge in [-0.2, -0.15) is 62.9 Å². The minimum absolute atomic E-state index is 0.0546. The third-order valence-electron chi connectivity index (χ3n) is 8.86. The minimum atomic E-state index is -5.77. The van der Waals surface area contributed by atoms with Crippen molar-refractivity contribution in [1.29, 1.82) is 5.26 Å². The highest BCUT2D eigenvalue weighted by molar-refractivity contribution is 6.41. The van der Waals surface area contributed by atoms with Gasteiger partial charge in [0.15, 0.2) is 5.82 Å². The quantitative estimate of drug-likeness (QED) is 0.0991. The Balaban J connectivity index is 0.000000407. The largest absolute Gasteiger partial charge is 0.458 e. The van der Waals surface area contributed by atoms with Crippen molar-refractivity contribution in [3.63, 3.8) is 0 Å². The summed E-state index contributed by atoms with van der Waals surface area (Å²) in [6, 6.07) is 13.2. The molecule has 2 aliphatic rings. The molecule has 25 heteroatoms. The van der Waals surface area contributed by atoms with E-state index in [1.54, 1.807) is 29.4 Å². The van der Waals surface area contributed by atoms with Gasteiger partial charge >= 0.3 is 36.3 Å². The van der Waals surface area contributed by atoms with E-state index in [0.29, 0.717) is 61.2 Å². The number of nitrogens with one attached hydrogen (secondary N) is 3. The zero-order chi connectivity index (χ0) is 46.9. The van der Waals surface area contributed by atoms with Gasteiger partial charge in [-0.1, -0.05) is 17.7 Å². The number of fused-ring (bicyclic) bond motifs is 6. The summed E-state index contributed by atoms with van der Waals surface area (Å²) in [5.41, 5.74) is 3.07. The predicted molar refractivity (Wildman–Crippen MR) is 200 cm³/mol. The van der Waals surface area contributed by atoms with Gasteiger partial charge in [0.25, 0.3) is 0 Å². The SMILES string of the molecule is N#Cc1c(N2CCC(CC(=O)Nc3ccc4cc3CCc3cncc(c3)Nc3ncc(Cl)c(n3)N4)CC2)cccc1C(F)(F)F.O=C(C(=O)C(F)(F)F)C(F)(F)F.O=CC(F)(F)F. The monoisotopic (exact) mass is 924 g/mol. The zero-order valence-corrected chi connectivity index (χ0v) is 32.4. The number of alkyl halides is 12. The molecule has 63 heavy (non-hydrogen) atoms. The van der Waals surface area contributed by atoms with Gasteiger partial charge in [0.05, 0.1) is 34.9 Å². The number of aldehydes is 1. The number of anilines is 6. The molecule has 3 N–H and O–H groups in total. The minimum Gasteiger partial charge on any atom is -0.370 e. The molecule has 0 unspecified atom stereocenters. The number of rotatable bonds is 5. The van der Waals surface area contributed by atoms with Crippen LogP contribution in [0.15, 0.2) is 61.1 Å². The van der Waals surface area contributed by atoms with Crippen LogP contribution in [-0.2, 0) is 38.2 Å². The van der Waals surface area contributed by atoms with Crippen molar-refractivity contribution < 1.29 is 71.9 Å². The van der Waals surface area contributed by atoms with E-state index in [1.807, 2.05) is 24.3 Å². The number of benzene rings is 2. The normalized spacial score (nSPS) is 14.2. The van der Waals surface area contributed by atoms with Crippen LogP contribution < -0.4 is 20.9 Å². The molecule has 2 aromatic heterocycles. The van der Waals surface area contributed by atoms with Crippen LogP contribution in [-0.4, -0.2) is 70.3 Å². The third kappa shape index (κ3) is 14.3. The Hall–Kier alpha value is -6.51. The number of aryl methyl sites for hydroxylation is 2. The number of ketones is 2. The lowest BCUT2D eigenvalue weighted by Crippen LogP contribution is -2.39. The fraction of sp³-hybridized carbons (Fsp3) is 0.316. The van der Waals surface area contributed by atoms with E-state index in [9.17, 15) is 72.3 Å². The number of carbonyl (C=O) groups excluding carboxylic acids is 4. The van der Waals surface area contributed by atoms with Gasteiger partial charge in [0, 0.05) is 37.1 Å². The smallest absolute Gasteiger partial charge is 0.370 e. The standard InChI is InChI=1S/C32H28ClF3N8O.C4F6O2.C2HF3O/c33-26-18-39-31-41-23-12-20(16-38-17-23)4-5-21-14-22(40-30(26)43-31)6-7-27(21)42-29(45)13-19-8-10-44(11-9-19)28-3-1-2-25(24(28)15-37)32(34,35)36;5-3(6,7)1(11)2(12)4(8,9)10;3-2(4,5)1-6/h1-3,6-7,12,14,16-19H,4-5,8-11,13H2,(H,42,45)(H2,39,40,41,43);;1H. The van der Waals surface area contributed by atoms with E-state index >= 15 is 0 Å². The van der Waals surface area contributed by atoms with Crippen LogP contribution in [0.3, 0.4) is 0 Å². The average molecular weight is 925 g/mol. The molecule has 2 aromatic carbocycles. The lowest BCUT2D eigenvalue weighted by Gasteiger charge is -2.34. The van der Waals surface area contributed by atoms with Gasteiger partial charge in [-0.3, -0.25) is 24.2 Å². The van der Waals surface area contributed by atoms with E-state index in [-0.39, 0.29) is 29.5 Å². The molecule has 1 fully saturated rings. The van der Waals surface area contributed by atoms with Crippen LogP contribution >= 0.6 is 11.6 Å². The van der Waals surface area contributed by atoms with Gasteiger partial charge in [-0.25, -0.2) is 4.98 Å². The van der Waals surface area contributed by atoms with Crippen molar-refractivity contribution in [2.24, 2.45) is 5.92 Å². The molecule has 2 aliphatic heterocycles. The van der Waals surface area contributed by atoms with Crippen LogP contribution in [0.1, 0.15) is 41.5 Å². The Morgan fingerprint density at radius 1 is 0.857 bits per heavy atom. The molecule has 6 bridgehead atoms. The second-order valence-corrected chi connectivity index (χ2v) is 13.8. The molecule has 0 saturated carbocycles. The number of halogens is 13. The first kappa shape index (κ1) is 49.1. The predicted octanol–water partition coefficient (Wildman–Crippen LogP) is 9.24. The third-order valence-corrected chi connectivity index (χ3v) is 9.14. The zero-order valence-electron chi connectivity index (χ0n) is 31.7. The number of nitriles is 1. The van der Waals surface area contributed by atoms with Gasteiger partial charge in [-0.15, -0.1) is 0 Å². The van der Waals surface area contributed by atoms with Crippen molar-refractivity contribution in [1.82, 2.24) is 15.0 Å². The van der Waals surface area contributed by atoms with E-state index in [2.05, 4.69) is 30.9 Å². The summed E-state index contributed by atoms with van der Waals surface area (Å²) < 4.78 is 139. The molecular formula is C38H29ClF12N8O4. The summed E-state index contributed by atoms with van der Waals surface area (Å²) in [6.07, 6.45) is -14.0. The number of hydrogen-bond donors (Lipinski definition) is 3. The first-order valence-corrected chi connectivity index (χ1v) is 18.2. The van der Waals surface area contributed by atoms with Crippen molar-refractivity contribution in [2.45, 2.75) is 56.8 Å². The molecular weight excluding hydrogens is 896 g/mol. The Morgan fingerprint density at radius 2 is 1.49 bits per heavy atom. The van der Waals surface area contributed by atoms with Gasteiger partial charge in [0.2, 0.25) is 18.1 Å². The number of Topliss-reactive ketones (excluding diaryl/α,β-unsaturated/α-hetero) is 2. The van der Waals surface area contributed by atoms with E-state index in [1.165, 1.54) is 12.3 Å². The van der Waals surface area contributed by atoms with Crippen LogP contribution in [0.25, 0.3) is 0 Å². The number of nitrogens with zero attached hydrogens (tertiary/aromatic N) is 5. The second kappa shape index (κ2) is 20.1. The van der Waals surface area contributed by atoms with Crippen molar-refractivity contribution in [2.75, 3.05) is 33.9 Å². The fourth-order valence-corrected chi connectivity index (χ4v) is 6.15. The molecule has 0 aliphatic carbocycles. The maximum atomic E-state index is 13.5. The first-order valence-electron chi connectivity index (χ1n) is 17.8. The highest BCUT2D eigenvalue weighted by Crippen LogP contribution is 2.37. The Bertz CT molecular complexity index is 2330. The van der Waals surface area contributed by atoms with Crippen molar-refractivity contribution >= 4 is 69.9 Å². The highest BCUT2D eigenvalue weighted by atomic mass is 35.5. The van der Waals surface area contributed by atoms with Crippen LogP contribution in [0.5, 0.6) is 0 Å². The lowest BCUT2D eigenvalue weighted by molar-refractivity contribution is -0.193. The molecule has 336 valence electrons. The number of pyridine rings is 1. The van der Waals surface area contributed by atoms with Crippen LogP contribution in [0.4, 0.5) is 87.2 Å². The van der Waals surface area contributed by atoms with Gasteiger partial charge in [-0.05, 0) is 79.1 Å². The van der Waals surface area contributed by atoms with Crippen molar-refractivity contribution in [3.05, 3.63) is 88.3 Å². The van der Waals surface area contributed by atoms with Gasteiger partial charge in [0.1, 0.15) is 11.1 Å². The highest BCUT2D eigenvalue weighted by Gasteiger charge is 2.54. The maximum Gasteiger partial charge on any atom is 0.458 e. The Morgan fingerprint density at radius 3 is 2.06 bits per heavy atom. The fourth-order valence-electron chi connectivity index (χ4n) is 6.01. The number of hydrogen-bond acceptors (Lipinski definition) is 11. The topological polar surface area (TPSA) is 170 Å². The molecule has 6 rings (SSSR count). The summed E-state index contributed by atoms with van der Waals surface area (Å²) in [5, 5.41) is 19.3. The van der Waals surface area contributed by atoms with E-state index in [0.717, 1.165) is 28.6 Å². The second-order valence-electron chi connectivity index (χ2n) is 13.4. The Kier molecular flexibility index (Phi) is 15.7. The van der Waals surface area contributed by atoms with Crippen LogP contribution in [0.2, 0.25) is 5.02 Å². The average Bonchev–Trinajstić information content (AvgIpc) is 3.21. The molecule has 0 spiro atoms. The summed E-state index contributed by atoms with van der Waals surface area (Å²) >= 11 is 6.36. The van der Waals surface area contributed by atoms with Crippen molar-refractivity contribution in [3.8, 4) is 6.07 Å². The van der Waals surface area contributed by atoms with Gasteiger partial charge < -0.3 is 20.9 Å². The summed E-state index contributed by atoms with van der Waals surface area (Å²) in [4.78, 5) is 56.0. The molecule has 4 aromatic rings. The van der Waals surface area contributed by atoms with E-state index < -0.39 is 48.1 Å². The number of amides is 1. The first-order chi connectivity index (χ1) is 29.3. The number of piperidine rings is 1. The molecule has 0 atom stereocenters. The summed E-state index contributed by atoms with van der Waals surface area (Å²) in [7, 11) is 0. The molecule has 4 heterocycles. The molecule has 12 nitrogen and oxygen atoms in total. The number of aromatic nitrogens is 3. The molecule has 0 radical (unpaired) electrons. The van der Waals surface area contributed by atoms with E-state index in [4.69, 9.17) is 16.4 Å². The summed E-state index contributed by atoms with van der Waals surface area (Å²) in [5.74, 6) is -6.10. The maximum absolute atomic E-state index is 13.5. The lowest BCUT2D eigenvalue weighted by atomic mass is 9.92. The summed E-state index contributed by atoms with van der Waals surface area (Å²) in [6.45, 7) is 0.906. The molecule has 1 saturated heterocycles. The Labute approximate surface area is 352 Å².